The number of nitrogens with zero attached hydrogens (tertiary/aromatic N) is 1. The first-order valence-electron chi connectivity index (χ1n) is 4.94. The summed E-state index contributed by atoms with van der Waals surface area (Å²) in [6.45, 7) is 1.14. The Hall–Kier alpha value is -1.26. The van der Waals surface area contributed by atoms with E-state index in [0.29, 0.717) is 19.0 Å². The van der Waals surface area contributed by atoms with Gasteiger partial charge < -0.3 is 15.1 Å². The van der Waals surface area contributed by atoms with E-state index in [9.17, 15) is 4.79 Å². The van der Waals surface area contributed by atoms with Gasteiger partial charge in [0.05, 0.1) is 12.2 Å². The Labute approximate surface area is 99.1 Å². The fourth-order valence-corrected chi connectivity index (χ4v) is 1.61. The SMILES string of the molecule is O=C(O)c1ccc(N(CCO)CCCl)cc1. The Morgan fingerprint density at radius 1 is 1.25 bits per heavy atom. The molecule has 0 spiro atoms. The van der Waals surface area contributed by atoms with Crippen molar-refractivity contribution in [3.63, 3.8) is 0 Å². The second-order valence-corrected chi connectivity index (χ2v) is 3.63. The monoisotopic (exact) mass is 243 g/mol. The van der Waals surface area contributed by atoms with Gasteiger partial charge in [-0.05, 0) is 24.3 Å². The van der Waals surface area contributed by atoms with Crippen LogP contribution in [-0.2, 0) is 0 Å². The number of aliphatic hydroxyl groups excluding tert-OH is 1. The zero-order chi connectivity index (χ0) is 12.0. The van der Waals surface area contributed by atoms with Crippen LogP contribution in [0, 0.1) is 0 Å². The summed E-state index contributed by atoms with van der Waals surface area (Å²) in [4.78, 5) is 12.6. The van der Waals surface area contributed by atoms with Crippen molar-refractivity contribution in [2.75, 3.05) is 30.5 Å². The molecule has 0 aliphatic rings. The third-order valence-corrected chi connectivity index (χ3v) is 2.37. The van der Waals surface area contributed by atoms with E-state index < -0.39 is 5.97 Å². The number of hydrogen-bond acceptors (Lipinski definition) is 3. The first-order chi connectivity index (χ1) is 7.69. The van der Waals surface area contributed by atoms with Crippen LogP contribution in [0.4, 0.5) is 5.69 Å². The first-order valence-corrected chi connectivity index (χ1v) is 5.47. The summed E-state index contributed by atoms with van der Waals surface area (Å²) >= 11 is 5.65. The molecule has 1 rings (SSSR count). The van der Waals surface area contributed by atoms with Crippen molar-refractivity contribution >= 4 is 23.3 Å². The zero-order valence-corrected chi connectivity index (χ0v) is 9.52. The fourth-order valence-electron chi connectivity index (χ4n) is 1.41. The van der Waals surface area contributed by atoms with Crippen LogP contribution in [0.1, 0.15) is 10.4 Å². The number of carboxylic acid groups (broad SMARTS) is 1. The van der Waals surface area contributed by atoms with Gasteiger partial charge >= 0.3 is 5.97 Å². The summed E-state index contributed by atoms with van der Waals surface area (Å²) in [7, 11) is 0. The van der Waals surface area contributed by atoms with Crippen LogP contribution in [0.5, 0.6) is 0 Å². The molecule has 0 atom stereocenters. The molecule has 5 heteroatoms. The minimum absolute atomic E-state index is 0.0393. The smallest absolute Gasteiger partial charge is 0.335 e. The molecular weight excluding hydrogens is 230 g/mol. The van der Waals surface area contributed by atoms with Crippen LogP contribution in [0.2, 0.25) is 0 Å². The molecule has 0 aliphatic carbocycles. The van der Waals surface area contributed by atoms with Gasteiger partial charge in [-0.15, -0.1) is 11.6 Å². The molecule has 88 valence electrons. The lowest BCUT2D eigenvalue weighted by atomic mass is 10.2. The summed E-state index contributed by atoms with van der Waals surface area (Å²) in [6, 6.07) is 6.50. The lowest BCUT2D eigenvalue weighted by Crippen LogP contribution is -2.28. The molecule has 16 heavy (non-hydrogen) atoms. The molecule has 0 radical (unpaired) electrons. The fraction of sp³-hybridized carbons (Fsp3) is 0.364. The Bertz CT molecular complexity index is 334. The lowest BCUT2D eigenvalue weighted by molar-refractivity contribution is 0.0697. The van der Waals surface area contributed by atoms with Crippen molar-refractivity contribution < 1.29 is 15.0 Å². The molecule has 0 bridgehead atoms. The van der Waals surface area contributed by atoms with Crippen LogP contribution in [-0.4, -0.2) is 41.8 Å². The zero-order valence-electron chi connectivity index (χ0n) is 8.77. The second-order valence-electron chi connectivity index (χ2n) is 3.25. The normalized spacial score (nSPS) is 10.1. The molecule has 0 amide bonds. The summed E-state index contributed by atoms with van der Waals surface area (Å²) in [5.74, 6) is -0.488. The van der Waals surface area contributed by atoms with E-state index in [1.165, 1.54) is 12.1 Å². The van der Waals surface area contributed by atoms with Crippen molar-refractivity contribution in [3.05, 3.63) is 29.8 Å². The van der Waals surface area contributed by atoms with Crippen molar-refractivity contribution in [3.8, 4) is 0 Å². The Morgan fingerprint density at radius 2 is 1.88 bits per heavy atom. The molecule has 1 aromatic rings. The molecule has 0 aliphatic heterocycles. The van der Waals surface area contributed by atoms with Crippen LogP contribution in [0.25, 0.3) is 0 Å². The van der Waals surface area contributed by atoms with Crippen molar-refractivity contribution in [2.24, 2.45) is 0 Å². The van der Waals surface area contributed by atoms with E-state index in [1.54, 1.807) is 12.1 Å². The van der Waals surface area contributed by atoms with Crippen molar-refractivity contribution in [2.45, 2.75) is 0 Å². The highest BCUT2D eigenvalue weighted by Crippen LogP contribution is 2.15. The number of halogens is 1. The number of carbonyl (C=O) groups is 1. The van der Waals surface area contributed by atoms with Gasteiger partial charge in [0, 0.05) is 24.7 Å². The summed E-state index contributed by atoms with van der Waals surface area (Å²) in [5.41, 5.74) is 1.11. The summed E-state index contributed by atoms with van der Waals surface area (Å²) in [5, 5.41) is 17.6. The topological polar surface area (TPSA) is 60.8 Å². The Kier molecular flexibility index (Phi) is 5.08. The van der Waals surface area contributed by atoms with Gasteiger partial charge in [-0.2, -0.15) is 0 Å². The molecule has 0 saturated carbocycles. The summed E-state index contributed by atoms with van der Waals surface area (Å²) < 4.78 is 0. The predicted octanol–water partition coefficient (Wildman–Crippen LogP) is 1.42. The molecule has 0 heterocycles. The van der Waals surface area contributed by atoms with E-state index >= 15 is 0 Å². The maximum absolute atomic E-state index is 10.7. The Balaban J connectivity index is 2.80. The number of hydrogen-bond donors (Lipinski definition) is 2. The number of anilines is 1. The third-order valence-electron chi connectivity index (χ3n) is 2.20. The molecule has 2 N–H and O–H groups in total. The van der Waals surface area contributed by atoms with Crippen LogP contribution in [0.15, 0.2) is 24.3 Å². The molecule has 0 aromatic heterocycles. The highest BCUT2D eigenvalue weighted by molar-refractivity contribution is 6.18. The lowest BCUT2D eigenvalue weighted by Gasteiger charge is -2.22. The standard InChI is InChI=1S/C11H14ClNO3/c12-5-6-13(7-8-14)10-3-1-9(2-4-10)11(15)16/h1-4,14H,5-8H2,(H,15,16). The van der Waals surface area contributed by atoms with E-state index in [-0.39, 0.29) is 12.2 Å². The van der Waals surface area contributed by atoms with E-state index in [4.69, 9.17) is 21.8 Å². The van der Waals surface area contributed by atoms with Crippen molar-refractivity contribution in [1.82, 2.24) is 0 Å². The molecule has 1 aromatic carbocycles. The van der Waals surface area contributed by atoms with E-state index in [1.807, 2.05) is 4.90 Å². The maximum Gasteiger partial charge on any atom is 0.335 e. The number of carboxylic acids is 1. The number of rotatable bonds is 6. The third kappa shape index (κ3) is 3.40. The molecule has 0 fully saturated rings. The van der Waals surface area contributed by atoms with Gasteiger partial charge in [0.1, 0.15) is 0 Å². The Morgan fingerprint density at radius 3 is 2.31 bits per heavy atom. The van der Waals surface area contributed by atoms with Gasteiger partial charge in [0.25, 0.3) is 0 Å². The van der Waals surface area contributed by atoms with E-state index in [2.05, 4.69) is 0 Å². The second kappa shape index (κ2) is 6.35. The van der Waals surface area contributed by atoms with Crippen molar-refractivity contribution in [1.29, 1.82) is 0 Å². The molecule has 0 saturated heterocycles. The molecule has 4 nitrogen and oxygen atoms in total. The molecule has 0 unspecified atom stereocenters. The van der Waals surface area contributed by atoms with Crippen LogP contribution < -0.4 is 4.90 Å². The van der Waals surface area contributed by atoms with E-state index in [0.717, 1.165) is 5.69 Å². The quantitative estimate of drug-likeness (QED) is 0.742. The number of aliphatic hydroxyl groups is 1. The number of benzene rings is 1. The van der Waals surface area contributed by atoms with Gasteiger partial charge in [-0.3, -0.25) is 0 Å². The summed E-state index contributed by atoms with van der Waals surface area (Å²) in [6.07, 6.45) is 0. The first kappa shape index (κ1) is 12.8. The maximum atomic E-state index is 10.7. The number of aromatic carboxylic acids is 1. The van der Waals surface area contributed by atoms with Gasteiger partial charge in [0.15, 0.2) is 0 Å². The average molecular weight is 244 g/mol. The van der Waals surface area contributed by atoms with Gasteiger partial charge in [0.2, 0.25) is 0 Å². The minimum Gasteiger partial charge on any atom is -0.478 e. The largest absolute Gasteiger partial charge is 0.478 e. The van der Waals surface area contributed by atoms with Crippen LogP contribution in [0.3, 0.4) is 0 Å². The van der Waals surface area contributed by atoms with Gasteiger partial charge in [-0.25, -0.2) is 4.79 Å². The van der Waals surface area contributed by atoms with Crippen LogP contribution >= 0.6 is 11.6 Å². The molecular formula is C11H14ClNO3. The van der Waals surface area contributed by atoms with Gasteiger partial charge in [-0.1, -0.05) is 0 Å². The predicted molar refractivity (Wildman–Crippen MR) is 63.4 cm³/mol. The number of alkyl halides is 1. The highest BCUT2D eigenvalue weighted by atomic mass is 35.5. The highest BCUT2D eigenvalue weighted by Gasteiger charge is 2.07. The average Bonchev–Trinajstić information content (AvgIpc) is 2.29. The minimum atomic E-state index is -0.947.